The summed E-state index contributed by atoms with van der Waals surface area (Å²) in [4.78, 5) is 13.0. The van der Waals surface area contributed by atoms with Gasteiger partial charge in [-0.1, -0.05) is 0 Å². The number of hydrogen-bond donors (Lipinski definition) is 2. The fraction of sp³-hybridized carbons (Fsp3) is 0.562. The second kappa shape index (κ2) is 7.35. The predicted molar refractivity (Wildman–Crippen MR) is 84.7 cm³/mol. The predicted octanol–water partition coefficient (Wildman–Crippen LogP) is 1.72. The molecule has 0 aliphatic carbocycles. The average Bonchev–Trinajstić information content (AvgIpc) is 2.51. The van der Waals surface area contributed by atoms with Crippen LogP contribution >= 0.6 is 0 Å². The van der Waals surface area contributed by atoms with E-state index < -0.39 is 5.97 Å². The van der Waals surface area contributed by atoms with Crippen molar-refractivity contribution in [1.82, 2.24) is 0 Å². The molecule has 1 saturated heterocycles. The molecule has 0 aromatic heterocycles. The van der Waals surface area contributed by atoms with E-state index in [4.69, 9.17) is 20.3 Å². The lowest BCUT2D eigenvalue weighted by Crippen LogP contribution is -2.47. The number of carboxylic acid groups (broad SMARTS) is 1. The smallest absolute Gasteiger partial charge is 0.303 e. The summed E-state index contributed by atoms with van der Waals surface area (Å²) in [5.41, 5.74) is 7.16. The van der Waals surface area contributed by atoms with Crippen LogP contribution in [0.1, 0.15) is 19.3 Å². The minimum Gasteiger partial charge on any atom is -0.493 e. The highest BCUT2D eigenvalue weighted by Gasteiger charge is 2.26. The number of nitrogens with two attached hydrogens (primary N) is 1. The number of aliphatic carboxylic acids is 1. The number of carbonyl (C=O) groups is 1. The fourth-order valence-corrected chi connectivity index (χ4v) is 3.02. The molecule has 0 radical (unpaired) electrons. The van der Waals surface area contributed by atoms with Crippen LogP contribution in [0.15, 0.2) is 18.2 Å². The molecule has 2 unspecified atom stereocenters. The highest BCUT2D eigenvalue weighted by atomic mass is 16.5. The van der Waals surface area contributed by atoms with Crippen LogP contribution < -0.4 is 20.1 Å². The molecule has 2 rings (SSSR count). The van der Waals surface area contributed by atoms with Crippen LogP contribution in [0.2, 0.25) is 0 Å². The molecule has 0 bridgehead atoms. The highest BCUT2D eigenvalue weighted by molar-refractivity contribution is 5.66. The molecule has 0 saturated carbocycles. The largest absolute Gasteiger partial charge is 0.493 e. The first-order valence-corrected chi connectivity index (χ1v) is 7.47. The van der Waals surface area contributed by atoms with Crippen LogP contribution in [-0.2, 0) is 4.79 Å². The molecular formula is C16H24N2O4. The van der Waals surface area contributed by atoms with Crippen molar-refractivity contribution in [3.63, 3.8) is 0 Å². The van der Waals surface area contributed by atoms with Crippen LogP contribution in [0.4, 0.5) is 5.69 Å². The Kier molecular flexibility index (Phi) is 5.49. The van der Waals surface area contributed by atoms with E-state index in [2.05, 4.69) is 4.90 Å². The van der Waals surface area contributed by atoms with Gasteiger partial charge in [0.05, 0.1) is 14.2 Å². The van der Waals surface area contributed by atoms with Crippen LogP contribution in [0.5, 0.6) is 11.5 Å². The number of piperidine rings is 1. The number of methoxy groups -OCH3 is 2. The summed E-state index contributed by atoms with van der Waals surface area (Å²) >= 11 is 0. The first-order valence-electron chi connectivity index (χ1n) is 7.47. The minimum absolute atomic E-state index is 0.0561. The van der Waals surface area contributed by atoms with Gasteiger partial charge in [0, 0.05) is 37.3 Å². The van der Waals surface area contributed by atoms with Crippen molar-refractivity contribution >= 4 is 11.7 Å². The molecule has 22 heavy (non-hydrogen) atoms. The Morgan fingerprint density at radius 3 is 2.68 bits per heavy atom. The maximum absolute atomic E-state index is 10.8. The Bertz CT molecular complexity index is 521. The van der Waals surface area contributed by atoms with E-state index in [9.17, 15) is 4.79 Å². The minimum atomic E-state index is -0.753. The Labute approximate surface area is 130 Å². The summed E-state index contributed by atoms with van der Waals surface area (Å²) in [6.45, 7) is 1.58. The van der Waals surface area contributed by atoms with Gasteiger partial charge in [0.1, 0.15) is 0 Å². The van der Waals surface area contributed by atoms with E-state index in [0.717, 1.165) is 25.2 Å². The van der Waals surface area contributed by atoms with Crippen molar-refractivity contribution < 1.29 is 19.4 Å². The summed E-state index contributed by atoms with van der Waals surface area (Å²) in [5.74, 6) is 0.918. The number of nitrogens with zero attached hydrogens (tertiary/aromatic N) is 1. The van der Waals surface area contributed by atoms with Gasteiger partial charge in [-0.3, -0.25) is 4.79 Å². The average molecular weight is 308 g/mol. The first-order chi connectivity index (χ1) is 10.5. The Morgan fingerprint density at radius 1 is 1.32 bits per heavy atom. The maximum Gasteiger partial charge on any atom is 0.303 e. The SMILES string of the molecule is COc1ccc(N2CC(N)CC(CCC(=O)O)C2)cc1OC. The summed E-state index contributed by atoms with van der Waals surface area (Å²) in [7, 11) is 3.22. The van der Waals surface area contributed by atoms with Gasteiger partial charge in [0.2, 0.25) is 0 Å². The molecule has 1 fully saturated rings. The Hall–Kier alpha value is -1.95. The Morgan fingerprint density at radius 2 is 2.05 bits per heavy atom. The van der Waals surface area contributed by atoms with Crippen LogP contribution in [0, 0.1) is 5.92 Å². The van der Waals surface area contributed by atoms with Gasteiger partial charge < -0.3 is 25.2 Å². The van der Waals surface area contributed by atoms with Crippen molar-refractivity contribution in [3.8, 4) is 11.5 Å². The third-order valence-corrected chi connectivity index (χ3v) is 4.07. The van der Waals surface area contributed by atoms with E-state index in [-0.39, 0.29) is 12.5 Å². The molecule has 0 spiro atoms. The van der Waals surface area contributed by atoms with E-state index in [1.807, 2.05) is 18.2 Å². The molecule has 6 heteroatoms. The standard InChI is InChI=1S/C16H24N2O4/c1-21-14-5-4-13(8-15(14)22-2)18-9-11(3-6-16(19)20)7-12(17)10-18/h4-5,8,11-12H,3,6-7,9-10,17H2,1-2H3,(H,19,20). The van der Waals surface area contributed by atoms with Crippen molar-refractivity contribution in [2.24, 2.45) is 11.7 Å². The van der Waals surface area contributed by atoms with E-state index in [1.54, 1.807) is 14.2 Å². The van der Waals surface area contributed by atoms with Gasteiger partial charge in [0.15, 0.2) is 11.5 Å². The van der Waals surface area contributed by atoms with Gasteiger partial charge in [-0.05, 0) is 30.9 Å². The molecule has 1 aromatic carbocycles. The summed E-state index contributed by atoms with van der Waals surface area (Å²) < 4.78 is 10.6. The lowest BCUT2D eigenvalue weighted by molar-refractivity contribution is -0.137. The zero-order valence-electron chi connectivity index (χ0n) is 13.1. The summed E-state index contributed by atoms with van der Waals surface area (Å²) in [6.07, 6.45) is 1.72. The number of benzene rings is 1. The number of anilines is 1. The zero-order valence-corrected chi connectivity index (χ0v) is 13.1. The quantitative estimate of drug-likeness (QED) is 0.832. The normalized spacial score (nSPS) is 21.5. The van der Waals surface area contributed by atoms with Crippen molar-refractivity contribution in [3.05, 3.63) is 18.2 Å². The molecule has 2 atom stereocenters. The van der Waals surface area contributed by atoms with Crippen LogP contribution in [0.25, 0.3) is 0 Å². The second-order valence-corrected chi connectivity index (χ2v) is 5.74. The number of hydrogen-bond acceptors (Lipinski definition) is 5. The van der Waals surface area contributed by atoms with E-state index in [1.165, 1.54) is 0 Å². The monoisotopic (exact) mass is 308 g/mol. The van der Waals surface area contributed by atoms with Gasteiger partial charge in [-0.25, -0.2) is 0 Å². The van der Waals surface area contributed by atoms with Crippen molar-refractivity contribution in [2.45, 2.75) is 25.3 Å². The Balaban J connectivity index is 2.11. The molecule has 6 nitrogen and oxygen atoms in total. The van der Waals surface area contributed by atoms with E-state index >= 15 is 0 Å². The molecule has 1 aliphatic rings. The molecule has 122 valence electrons. The fourth-order valence-electron chi connectivity index (χ4n) is 3.02. The third kappa shape index (κ3) is 4.04. The van der Waals surface area contributed by atoms with Gasteiger partial charge in [-0.2, -0.15) is 0 Å². The van der Waals surface area contributed by atoms with Gasteiger partial charge in [-0.15, -0.1) is 0 Å². The van der Waals surface area contributed by atoms with Gasteiger partial charge in [0.25, 0.3) is 0 Å². The maximum atomic E-state index is 10.8. The van der Waals surface area contributed by atoms with Crippen LogP contribution in [0.3, 0.4) is 0 Å². The molecule has 1 aromatic rings. The molecule has 3 N–H and O–H groups in total. The number of ether oxygens (including phenoxy) is 2. The second-order valence-electron chi connectivity index (χ2n) is 5.74. The summed E-state index contributed by atoms with van der Waals surface area (Å²) in [6, 6.07) is 5.85. The number of carboxylic acids is 1. The molecule has 1 aliphatic heterocycles. The zero-order chi connectivity index (χ0) is 16.1. The topological polar surface area (TPSA) is 85.0 Å². The molecule has 0 amide bonds. The first kappa shape index (κ1) is 16.4. The molecular weight excluding hydrogens is 284 g/mol. The van der Waals surface area contributed by atoms with Crippen molar-refractivity contribution in [2.75, 3.05) is 32.2 Å². The van der Waals surface area contributed by atoms with Crippen LogP contribution in [-0.4, -0.2) is 44.4 Å². The highest BCUT2D eigenvalue weighted by Crippen LogP contribution is 2.33. The van der Waals surface area contributed by atoms with E-state index in [0.29, 0.717) is 23.8 Å². The lowest BCUT2D eigenvalue weighted by atomic mass is 9.90. The van der Waals surface area contributed by atoms with Gasteiger partial charge >= 0.3 is 5.97 Å². The third-order valence-electron chi connectivity index (χ3n) is 4.07. The van der Waals surface area contributed by atoms with Crippen molar-refractivity contribution in [1.29, 1.82) is 0 Å². The number of rotatable bonds is 6. The lowest BCUT2D eigenvalue weighted by Gasteiger charge is -2.38. The summed E-state index contributed by atoms with van der Waals surface area (Å²) in [5, 5.41) is 8.84. The molecule has 1 heterocycles.